The number of hydrogen-bond acceptors (Lipinski definition) is 9. The molecule has 3 aliphatic rings. The molecule has 2 amide bonds. The molecule has 0 radical (unpaired) electrons. The first-order valence-corrected chi connectivity index (χ1v) is 19.9. The van der Waals surface area contributed by atoms with Crippen LogP contribution in [0.5, 0.6) is 0 Å². The van der Waals surface area contributed by atoms with Crippen LogP contribution in [-0.4, -0.2) is 63.9 Å². The van der Waals surface area contributed by atoms with Crippen molar-refractivity contribution in [3.8, 4) is 0 Å². The molecule has 1 aliphatic heterocycles. The molecule has 0 unspecified atom stereocenters. The summed E-state index contributed by atoms with van der Waals surface area (Å²) >= 11 is 4.57. The van der Waals surface area contributed by atoms with E-state index >= 15 is 0 Å². The van der Waals surface area contributed by atoms with Crippen LogP contribution in [0.1, 0.15) is 85.2 Å². The van der Waals surface area contributed by atoms with Crippen molar-refractivity contribution in [2.45, 2.75) is 87.7 Å². The molecule has 49 heavy (non-hydrogen) atoms. The van der Waals surface area contributed by atoms with Crippen molar-refractivity contribution in [1.82, 2.24) is 10.6 Å². The predicted octanol–water partition coefficient (Wildman–Crippen LogP) is 7.56. The minimum Gasteiger partial charge on any atom is -0.480 e. The summed E-state index contributed by atoms with van der Waals surface area (Å²) in [6.45, 7) is 0. The number of carboxylic acid groups (broad SMARTS) is 1. The molecule has 2 saturated carbocycles. The minimum atomic E-state index is -1.06. The number of carboxylic acids is 1. The van der Waals surface area contributed by atoms with Crippen LogP contribution in [0, 0.1) is 0 Å². The van der Waals surface area contributed by atoms with Crippen LogP contribution in [0.15, 0.2) is 65.7 Å². The first-order chi connectivity index (χ1) is 23.7. The van der Waals surface area contributed by atoms with E-state index in [1.807, 2.05) is 48.7 Å². The minimum absolute atomic E-state index is 0.148. The molecule has 2 aromatic heterocycles. The monoisotopic (exact) mass is 719 g/mol. The zero-order chi connectivity index (χ0) is 34.4. The second kappa shape index (κ2) is 15.4. The van der Waals surface area contributed by atoms with E-state index in [-0.39, 0.29) is 17.8 Å². The number of rotatable bonds is 9. The number of nitrogens with one attached hydrogen (secondary N) is 2. The highest BCUT2D eigenvalue weighted by Crippen LogP contribution is 2.39. The average Bonchev–Trinajstić information content (AvgIpc) is 3.83. The zero-order valence-corrected chi connectivity index (χ0v) is 29.9. The standard InChI is InChI=1S/C21H26N2O4S2.C16H15NO2S/c1-28-12-9-15(19(25)26)22-20(27)21(10-5-2-6-11-21)23-18(24)17-13-14-7-3-4-8-16(14)29-17;18-15-16(8-4-1-5-9-16)17-14(19-15)13-10-11-6-2-3-7-12(11)20-13/h3-4,7-8,13,15H,2,5-6,9-12H2,1H3,(H,22,27)(H,23,24)(H,25,26);2-3,6-7,10H,1,4-5,8-9H2/t15-;/m0./s1. The maximum Gasteiger partial charge on any atom is 0.340 e. The zero-order valence-electron chi connectivity index (χ0n) is 27.5. The predicted molar refractivity (Wildman–Crippen MR) is 198 cm³/mol. The molecule has 1 spiro atoms. The van der Waals surface area contributed by atoms with Crippen LogP contribution < -0.4 is 10.6 Å². The number of thiophene rings is 2. The number of cyclic esters (lactones) is 1. The Labute approximate surface area is 297 Å². The van der Waals surface area contributed by atoms with Gasteiger partial charge in [0.25, 0.3) is 5.91 Å². The lowest BCUT2D eigenvalue weighted by Gasteiger charge is -2.37. The number of thioether (sulfide) groups is 1. The Kier molecular flexibility index (Phi) is 11.1. The van der Waals surface area contributed by atoms with Gasteiger partial charge in [-0.2, -0.15) is 11.8 Å². The van der Waals surface area contributed by atoms with Gasteiger partial charge in [-0.1, -0.05) is 74.9 Å². The quantitative estimate of drug-likeness (QED) is 0.152. The molecule has 12 heteroatoms. The molecule has 2 fully saturated rings. The van der Waals surface area contributed by atoms with Gasteiger partial charge in [0, 0.05) is 9.40 Å². The van der Waals surface area contributed by atoms with E-state index in [4.69, 9.17) is 4.74 Å². The number of fused-ring (bicyclic) bond motifs is 2. The van der Waals surface area contributed by atoms with Crippen molar-refractivity contribution in [3.05, 3.63) is 70.4 Å². The van der Waals surface area contributed by atoms with Gasteiger partial charge in [0.1, 0.15) is 11.6 Å². The van der Waals surface area contributed by atoms with Crippen LogP contribution in [0.25, 0.3) is 20.2 Å². The highest BCUT2D eigenvalue weighted by atomic mass is 32.2. The Morgan fingerprint density at radius 2 is 1.51 bits per heavy atom. The van der Waals surface area contributed by atoms with Gasteiger partial charge in [0.2, 0.25) is 11.8 Å². The summed E-state index contributed by atoms with van der Waals surface area (Å²) in [6, 6.07) is 18.9. The number of amides is 2. The molecule has 258 valence electrons. The van der Waals surface area contributed by atoms with E-state index < -0.39 is 23.1 Å². The lowest BCUT2D eigenvalue weighted by atomic mass is 9.80. The van der Waals surface area contributed by atoms with Crippen LogP contribution in [-0.2, 0) is 19.1 Å². The molecule has 3 N–H and O–H groups in total. The highest BCUT2D eigenvalue weighted by molar-refractivity contribution is 7.98. The van der Waals surface area contributed by atoms with Gasteiger partial charge in [0.05, 0.1) is 9.75 Å². The fourth-order valence-corrected chi connectivity index (χ4v) is 9.24. The molecule has 9 nitrogen and oxygen atoms in total. The van der Waals surface area contributed by atoms with E-state index in [2.05, 4.69) is 33.8 Å². The Balaban J connectivity index is 0.000000181. The summed E-state index contributed by atoms with van der Waals surface area (Å²) in [7, 11) is 0. The Morgan fingerprint density at radius 3 is 2.12 bits per heavy atom. The number of carbonyl (C=O) groups excluding carboxylic acids is 3. The summed E-state index contributed by atoms with van der Waals surface area (Å²) in [5, 5.41) is 17.3. The van der Waals surface area contributed by atoms with E-state index in [9.17, 15) is 24.3 Å². The third-order valence-electron chi connectivity index (χ3n) is 9.56. The molecular formula is C37H41N3O6S3. The normalized spacial score (nSPS) is 18.6. The Morgan fingerprint density at radius 1 is 0.898 bits per heavy atom. The maximum absolute atomic E-state index is 13.1. The third kappa shape index (κ3) is 7.86. The molecule has 2 aliphatic carbocycles. The van der Waals surface area contributed by atoms with Crippen LogP contribution in [0.2, 0.25) is 0 Å². The first kappa shape index (κ1) is 35.1. The lowest BCUT2D eigenvalue weighted by Crippen LogP contribution is -2.61. The number of nitrogens with zero attached hydrogens (tertiary/aromatic N) is 1. The molecule has 0 saturated heterocycles. The van der Waals surface area contributed by atoms with Crippen molar-refractivity contribution >= 4 is 84.3 Å². The van der Waals surface area contributed by atoms with Crippen LogP contribution >= 0.6 is 34.4 Å². The summed E-state index contributed by atoms with van der Waals surface area (Å²) in [6.07, 6.45) is 10.9. The number of aliphatic imine (C=N–C) groups is 1. The van der Waals surface area contributed by atoms with Crippen molar-refractivity contribution < 1.29 is 29.0 Å². The fourth-order valence-electron chi connectivity index (χ4n) is 6.82. The number of hydrogen-bond donors (Lipinski definition) is 3. The molecule has 1 atom stereocenters. The summed E-state index contributed by atoms with van der Waals surface area (Å²) < 4.78 is 7.71. The van der Waals surface area contributed by atoms with Crippen molar-refractivity contribution in [3.63, 3.8) is 0 Å². The van der Waals surface area contributed by atoms with Gasteiger partial charge in [-0.05, 0) is 79.2 Å². The van der Waals surface area contributed by atoms with E-state index in [0.29, 0.717) is 35.8 Å². The highest BCUT2D eigenvalue weighted by Gasteiger charge is 2.47. The SMILES string of the molecule is CSCC[C@H](NC(=O)C1(NC(=O)c2cc3ccccc3s2)CCCCC1)C(=O)O.O=C1OC(c2cc3ccccc3s2)=NC12CCCCC2. The summed E-state index contributed by atoms with van der Waals surface area (Å²) in [5.41, 5.74) is -1.64. The van der Waals surface area contributed by atoms with E-state index in [0.717, 1.165) is 59.9 Å². The molecule has 2 aromatic carbocycles. The number of aliphatic carboxylic acids is 1. The van der Waals surface area contributed by atoms with Crippen molar-refractivity contribution in [2.75, 3.05) is 12.0 Å². The van der Waals surface area contributed by atoms with Gasteiger partial charge in [-0.25, -0.2) is 14.6 Å². The van der Waals surface area contributed by atoms with Gasteiger partial charge in [0.15, 0.2) is 5.54 Å². The fraction of sp³-hybridized carbons (Fsp3) is 0.432. The molecule has 0 bridgehead atoms. The van der Waals surface area contributed by atoms with Crippen LogP contribution in [0.3, 0.4) is 0 Å². The van der Waals surface area contributed by atoms with Crippen LogP contribution in [0.4, 0.5) is 0 Å². The first-order valence-electron chi connectivity index (χ1n) is 16.9. The number of esters is 1. The molecular weight excluding hydrogens is 679 g/mol. The second-order valence-electron chi connectivity index (χ2n) is 12.9. The third-order valence-corrected chi connectivity index (χ3v) is 12.4. The van der Waals surface area contributed by atoms with Crippen molar-refractivity contribution in [1.29, 1.82) is 0 Å². The molecule has 7 rings (SSSR count). The lowest BCUT2D eigenvalue weighted by molar-refractivity contribution is -0.143. The van der Waals surface area contributed by atoms with Gasteiger partial charge < -0.3 is 20.5 Å². The van der Waals surface area contributed by atoms with Crippen molar-refractivity contribution in [2.24, 2.45) is 4.99 Å². The number of benzene rings is 2. The average molecular weight is 720 g/mol. The van der Waals surface area contributed by atoms with E-state index in [1.54, 1.807) is 11.3 Å². The number of carbonyl (C=O) groups is 4. The smallest absolute Gasteiger partial charge is 0.340 e. The topological polar surface area (TPSA) is 134 Å². The molecule has 3 heterocycles. The summed E-state index contributed by atoms with van der Waals surface area (Å²) in [5.74, 6) is -0.699. The van der Waals surface area contributed by atoms with E-state index in [1.165, 1.54) is 39.6 Å². The largest absolute Gasteiger partial charge is 0.480 e. The Hall–Kier alpha value is -3.74. The summed E-state index contributed by atoms with van der Waals surface area (Å²) in [4.78, 5) is 56.1. The maximum atomic E-state index is 13.1. The second-order valence-corrected chi connectivity index (χ2v) is 16.1. The van der Waals surface area contributed by atoms with Gasteiger partial charge in [-0.3, -0.25) is 9.59 Å². The van der Waals surface area contributed by atoms with Gasteiger partial charge in [-0.15, -0.1) is 22.7 Å². The number of ether oxygens (including phenoxy) is 1. The van der Waals surface area contributed by atoms with Gasteiger partial charge >= 0.3 is 11.9 Å². The Bertz CT molecular complexity index is 1800. The molecule has 4 aromatic rings.